The van der Waals surface area contributed by atoms with Crippen LogP contribution in [0.3, 0.4) is 0 Å². The minimum atomic E-state index is -0.709. The van der Waals surface area contributed by atoms with Gasteiger partial charge < -0.3 is 19.7 Å². The summed E-state index contributed by atoms with van der Waals surface area (Å²) >= 11 is 1.64. The number of nitrogens with zero attached hydrogens (tertiary/aromatic N) is 4. The van der Waals surface area contributed by atoms with E-state index in [-0.39, 0.29) is 24.5 Å². The average molecular weight is 494 g/mol. The molecular formula is C25H27N5O4S. The highest BCUT2D eigenvalue weighted by Gasteiger charge is 2.36. The summed E-state index contributed by atoms with van der Waals surface area (Å²) < 4.78 is 13.7. The minimum Gasteiger partial charge on any atom is -0.485 e. The topological polar surface area (TPSA) is 98.6 Å². The van der Waals surface area contributed by atoms with Gasteiger partial charge in [-0.1, -0.05) is 12.1 Å². The number of amides is 2. The Bertz CT molecular complexity index is 1280. The van der Waals surface area contributed by atoms with Gasteiger partial charge in [-0.25, -0.2) is 4.98 Å². The van der Waals surface area contributed by atoms with Crippen LogP contribution < -0.4 is 14.8 Å². The lowest BCUT2D eigenvalue weighted by Crippen LogP contribution is -2.48. The van der Waals surface area contributed by atoms with Gasteiger partial charge in [0.25, 0.3) is 11.8 Å². The maximum atomic E-state index is 13.4. The molecule has 2 amide bonds. The predicted octanol–water partition coefficient (Wildman–Crippen LogP) is 2.51. The molecule has 1 atom stereocenters. The number of para-hydroxylation sites is 2. The van der Waals surface area contributed by atoms with E-state index in [1.165, 1.54) is 4.88 Å². The maximum Gasteiger partial charge on any atom is 0.272 e. The molecular weight excluding hydrogens is 466 g/mol. The van der Waals surface area contributed by atoms with E-state index in [1.807, 2.05) is 35.3 Å². The summed E-state index contributed by atoms with van der Waals surface area (Å²) in [5, 5.41) is 7.79. The summed E-state index contributed by atoms with van der Waals surface area (Å²) in [5.74, 6) is 0.933. The molecule has 1 aliphatic carbocycles. The van der Waals surface area contributed by atoms with Gasteiger partial charge in [0, 0.05) is 54.7 Å². The van der Waals surface area contributed by atoms with E-state index in [0.717, 1.165) is 36.2 Å². The zero-order valence-electron chi connectivity index (χ0n) is 19.5. The molecule has 4 heterocycles. The molecule has 2 aliphatic heterocycles. The van der Waals surface area contributed by atoms with Crippen LogP contribution in [0.25, 0.3) is 0 Å². The van der Waals surface area contributed by atoms with Crippen molar-refractivity contribution in [1.82, 2.24) is 25.0 Å². The van der Waals surface area contributed by atoms with Gasteiger partial charge in [0.15, 0.2) is 17.2 Å². The largest absolute Gasteiger partial charge is 0.485 e. The minimum absolute atomic E-state index is 0.133. The standard InChI is InChI=1S/C25H27N5O4S/c1-15-22(35-14-26-15)9-11-30-18-8-10-29(12-17(18)23(28-30)24(31)27-16-6-7-16)25(32)21-13-33-19-4-2-3-5-20(19)34-21/h2-5,14,16,21H,6-13H2,1H3,(H,27,31). The molecule has 6 rings (SSSR count). The van der Waals surface area contributed by atoms with E-state index < -0.39 is 6.10 Å². The van der Waals surface area contributed by atoms with Crippen LogP contribution in [0.1, 0.15) is 45.2 Å². The molecule has 2 aromatic heterocycles. The van der Waals surface area contributed by atoms with Crippen molar-refractivity contribution >= 4 is 23.2 Å². The fourth-order valence-electron chi connectivity index (χ4n) is 4.65. The smallest absolute Gasteiger partial charge is 0.272 e. The molecule has 0 spiro atoms. The number of carbonyl (C=O) groups is 2. The molecule has 182 valence electrons. The van der Waals surface area contributed by atoms with Crippen LogP contribution in [0, 0.1) is 6.92 Å². The first-order valence-corrected chi connectivity index (χ1v) is 12.9. The molecule has 0 radical (unpaired) electrons. The molecule has 1 fully saturated rings. The van der Waals surface area contributed by atoms with Crippen molar-refractivity contribution in [2.45, 2.75) is 57.8 Å². The summed E-state index contributed by atoms with van der Waals surface area (Å²) in [6.45, 7) is 3.73. The Morgan fingerprint density at radius 3 is 2.83 bits per heavy atom. The van der Waals surface area contributed by atoms with Crippen molar-refractivity contribution in [2.24, 2.45) is 0 Å². The molecule has 9 nitrogen and oxygen atoms in total. The number of fused-ring (bicyclic) bond motifs is 2. The first-order chi connectivity index (χ1) is 17.1. The molecule has 10 heteroatoms. The Morgan fingerprint density at radius 2 is 2.06 bits per heavy atom. The number of aryl methyl sites for hydroxylation is 3. The fourth-order valence-corrected chi connectivity index (χ4v) is 5.42. The van der Waals surface area contributed by atoms with Crippen molar-refractivity contribution in [2.75, 3.05) is 13.2 Å². The highest BCUT2D eigenvalue weighted by atomic mass is 32.1. The number of nitrogens with one attached hydrogen (secondary N) is 1. The van der Waals surface area contributed by atoms with E-state index in [2.05, 4.69) is 10.3 Å². The second-order valence-corrected chi connectivity index (χ2v) is 10.2. The number of thiazole rings is 1. The third-order valence-electron chi connectivity index (χ3n) is 6.75. The van der Waals surface area contributed by atoms with Crippen molar-refractivity contribution in [3.05, 3.63) is 57.3 Å². The van der Waals surface area contributed by atoms with Crippen molar-refractivity contribution in [3.63, 3.8) is 0 Å². The number of aromatic nitrogens is 3. The molecule has 3 aliphatic rings. The Morgan fingerprint density at radius 1 is 1.23 bits per heavy atom. The van der Waals surface area contributed by atoms with E-state index in [0.29, 0.717) is 43.2 Å². The SMILES string of the molecule is Cc1ncsc1CCn1nc(C(=O)NC2CC2)c2c1CCN(C(=O)C1COc3ccccc3O1)C2. The molecule has 1 N–H and O–H groups in total. The van der Waals surface area contributed by atoms with Gasteiger partial charge in [0.1, 0.15) is 6.61 Å². The molecule has 1 unspecified atom stereocenters. The normalized spacial score (nSPS) is 18.8. The lowest BCUT2D eigenvalue weighted by Gasteiger charge is -2.33. The highest BCUT2D eigenvalue weighted by molar-refractivity contribution is 7.09. The van der Waals surface area contributed by atoms with Crippen molar-refractivity contribution in [1.29, 1.82) is 0 Å². The van der Waals surface area contributed by atoms with E-state index >= 15 is 0 Å². The van der Waals surface area contributed by atoms with Gasteiger partial charge in [-0.3, -0.25) is 14.3 Å². The van der Waals surface area contributed by atoms with Crippen LogP contribution in [0.2, 0.25) is 0 Å². The molecule has 3 aromatic rings. The number of hydrogen-bond acceptors (Lipinski definition) is 7. The van der Waals surface area contributed by atoms with E-state index in [9.17, 15) is 9.59 Å². The number of carbonyl (C=O) groups excluding carboxylic acids is 2. The second-order valence-electron chi connectivity index (χ2n) is 9.23. The summed E-state index contributed by atoms with van der Waals surface area (Å²) in [5.41, 5.74) is 5.19. The predicted molar refractivity (Wildman–Crippen MR) is 129 cm³/mol. The van der Waals surface area contributed by atoms with Gasteiger partial charge in [-0.2, -0.15) is 5.10 Å². The Kier molecular flexibility index (Phi) is 5.68. The quantitative estimate of drug-likeness (QED) is 0.567. The molecule has 0 saturated heterocycles. The van der Waals surface area contributed by atoms with Crippen LogP contribution in [0.15, 0.2) is 29.8 Å². The zero-order valence-corrected chi connectivity index (χ0v) is 20.3. The first kappa shape index (κ1) is 22.1. The molecule has 0 bridgehead atoms. The average Bonchev–Trinajstić information content (AvgIpc) is 3.48. The van der Waals surface area contributed by atoms with Crippen LogP contribution in [0.4, 0.5) is 0 Å². The van der Waals surface area contributed by atoms with Crippen molar-refractivity contribution in [3.8, 4) is 11.5 Å². The van der Waals surface area contributed by atoms with Gasteiger partial charge in [-0.15, -0.1) is 11.3 Å². The number of ether oxygens (including phenoxy) is 2. The Hall–Kier alpha value is -3.40. The number of hydrogen-bond donors (Lipinski definition) is 1. The third kappa shape index (κ3) is 4.38. The first-order valence-electron chi connectivity index (χ1n) is 12.0. The Balaban J connectivity index is 1.22. The molecule has 1 saturated carbocycles. The Labute approximate surface area is 207 Å². The van der Waals surface area contributed by atoms with Gasteiger partial charge in [0.2, 0.25) is 6.10 Å². The van der Waals surface area contributed by atoms with Gasteiger partial charge in [-0.05, 0) is 31.9 Å². The lowest BCUT2D eigenvalue weighted by molar-refractivity contribution is -0.142. The van der Waals surface area contributed by atoms with Gasteiger partial charge in [0.05, 0.1) is 11.2 Å². The maximum absolute atomic E-state index is 13.4. The zero-order chi connectivity index (χ0) is 23.9. The summed E-state index contributed by atoms with van der Waals surface area (Å²) in [6, 6.07) is 7.60. The van der Waals surface area contributed by atoms with Crippen LogP contribution in [0.5, 0.6) is 11.5 Å². The lowest BCUT2D eigenvalue weighted by atomic mass is 10.0. The molecule has 1 aromatic carbocycles. The van der Waals surface area contributed by atoms with Gasteiger partial charge >= 0.3 is 0 Å². The van der Waals surface area contributed by atoms with Crippen molar-refractivity contribution < 1.29 is 19.1 Å². The summed E-state index contributed by atoms with van der Waals surface area (Å²) in [7, 11) is 0. The number of rotatable bonds is 6. The van der Waals surface area contributed by atoms with Crippen LogP contribution in [-0.4, -0.2) is 56.8 Å². The van der Waals surface area contributed by atoms with Crippen LogP contribution in [-0.2, 0) is 30.7 Å². The fraction of sp³-hybridized carbons (Fsp3) is 0.440. The summed E-state index contributed by atoms with van der Waals surface area (Å²) in [6.07, 6.45) is 2.74. The third-order valence-corrected chi connectivity index (χ3v) is 7.75. The number of benzene rings is 1. The summed E-state index contributed by atoms with van der Waals surface area (Å²) in [4.78, 5) is 33.7. The van der Waals surface area contributed by atoms with Crippen LogP contribution >= 0.6 is 11.3 Å². The van der Waals surface area contributed by atoms with E-state index in [4.69, 9.17) is 14.6 Å². The monoisotopic (exact) mass is 493 g/mol. The molecule has 35 heavy (non-hydrogen) atoms. The van der Waals surface area contributed by atoms with E-state index in [1.54, 1.807) is 22.3 Å². The highest BCUT2D eigenvalue weighted by Crippen LogP contribution is 2.32. The second kappa shape index (κ2) is 8.99.